The Kier molecular flexibility index (Phi) is 3.40. The fraction of sp³-hybridized carbons (Fsp3) is 0.278. The zero-order chi connectivity index (χ0) is 18.6. The second-order valence-electron chi connectivity index (χ2n) is 6.73. The smallest absolute Gasteiger partial charge is 0.325 e. The van der Waals surface area contributed by atoms with E-state index in [1.807, 2.05) is 0 Å². The summed E-state index contributed by atoms with van der Waals surface area (Å²) >= 11 is 0. The van der Waals surface area contributed by atoms with E-state index in [-0.39, 0.29) is 5.69 Å². The Morgan fingerprint density at radius 3 is 2.81 bits per heavy atom. The minimum atomic E-state index is -1.03. The van der Waals surface area contributed by atoms with Gasteiger partial charge in [-0.3, -0.25) is 15.0 Å². The average Bonchev–Trinajstić information content (AvgIpc) is 2.57. The molecule has 2 bridgehead atoms. The number of rotatable bonds is 2. The number of urea groups is 1. The first-order chi connectivity index (χ1) is 12.3. The molecule has 0 spiro atoms. The van der Waals surface area contributed by atoms with Crippen LogP contribution in [0.2, 0.25) is 0 Å². The van der Waals surface area contributed by atoms with Gasteiger partial charge in [0.15, 0.2) is 5.72 Å². The maximum Gasteiger partial charge on any atom is 0.325 e. The number of nitro groups is 1. The van der Waals surface area contributed by atoms with Crippen molar-refractivity contribution in [3.8, 4) is 5.75 Å². The Balaban J connectivity index is 1.78. The molecule has 2 aromatic carbocycles. The molecule has 4 rings (SSSR count). The molecule has 2 atom stereocenters. The largest absolute Gasteiger partial charge is 0.467 e. The van der Waals surface area contributed by atoms with Crippen molar-refractivity contribution in [3.05, 3.63) is 63.5 Å². The van der Waals surface area contributed by atoms with E-state index in [0.717, 1.165) is 0 Å². The van der Waals surface area contributed by atoms with Gasteiger partial charge < -0.3 is 10.1 Å². The number of nitro benzene ring substituents is 1. The molecule has 2 amide bonds. The Morgan fingerprint density at radius 2 is 2.12 bits per heavy atom. The van der Waals surface area contributed by atoms with E-state index in [4.69, 9.17) is 4.74 Å². The molecule has 0 aliphatic carbocycles. The first-order valence-electron chi connectivity index (χ1n) is 8.13. The van der Waals surface area contributed by atoms with Gasteiger partial charge in [0, 0.05) is 24.1 Å². The molecule has 134 valence electrons. The van der Waals surface area contributed by atoms with Gasteiger partial charge in [-0.1, -0.05) is 6.07 Å². The van der Waals surface area contributed by atoms with E-state index in [9.17, 15) is 19.3 Å². The predicted molar refractivity (Wildman–Crippen MR) is 91.6 cm³/mol. The molecule has 1 N–H and O–H groups in total. The Labute approximate surface area is 148 Å². The third-order valence-corrected chi connectivity index (χ3v) is 4.88. The minimum Gasteiger partial charge on any atom is -0.467 e. The van der Waals surface area contributed by atoms with Crippen LogP contribution >= 0.6 is 0 Å². The molecule has 2 aromatic rings. The van der Waals surface area contributed by atoms with Crippen molar-refractivity contribution < 1.29 is 18.8 Å². The van der Waals surface area contributed by atoms with Gasteiger partial charge in [-0.15, -0.1) is 0 Å². The number of carbonyl (C=O) groups is 1. The number of fused-ring (bicyclic) bond motifs is 4. The van der Waals surface area contributed by atoms with Crippen LogP contribution in [0, 0.1) is 22.9 Å². The van der Waals surface area contributed by atoms with E-state index < -0.39 is 28.5 Å². The number of amides is 2. The van der Waals surface area contributed by atoms with Crippen LogP contribution < -0.4 is 15.0 Å². The number of non-ortho nitro benzene ring substituents is 1. The highest BCUT2D eigenvalue weighted by molar-refractivity contribution is 5.95. The summed E-state index contributed by atoms with van der Waals surface area (Å²) in [4.78, 5) is 24.6. The van der Waals surface area contributed by atoms with Crippen LogP contribution in [0.3, 0.4) is 0 Å². The number of nitrogens with zero attached hydrogens (tertiary/aromatic N) is 2. The molecule has 1 fully saturated rings. The minimum absolute atomic E-state index is 0.0618. The van der Waals surface area contributed by atoms with Crippen LogP contribution in [0.15, 0.2) is 36.4 Å². The quantitative estimate of drug-likeness (QED) is 0.654. The lowest BCUT2D eigenvalue weighted by Crippen LogP contribution is -2.65. The summed E-state index contributed by atoms with van der Waals surface area (Å²) in [6.45, 7) is 3.40. The normalized spacial score (nSPS) is 23.7. The lowest BCUT2D eigenvalue weighted by Gasteiger charge is -2.50. The SMILES string of the molecule is Cc1ccc(N2C(=O)N[C@@H]3C[C@@]2(C)Oc2ccc([N+](=O)[O-])cc23)cc1F. The van der Waals surface area contributed by atoms with Crippen molar-refractivity contribution >= 4 is 17.4 Å². The number of hydrogen-bond acceptors (Lipinski definition) is 4. The van der Waals surface area contributed by atoms with Gasteiger partial charge in [0.1, 0.15) is 11.6 Å². The van der Waals surface area contributed by atoms with E-state index in [0.29, 0.717) is 29.0 Å². The van der Waals surface area contributed by atoms with Gasteiger partial charge in [0.05, 0.1) is 16.7 Å². The second-order valence-corrected chi connectivity index (χ2v) is 6.73. The Bertz CT molecular complexity index is 948. The summed E-state index contributed by atoms with van der Waals surface area (Å²) in [7, 11) is 0. The van der Waals surface area contributed by atoms with Crippen molar-refractivity contribution in [1.29, 1.82) is 0 Å². The molecule has 7 nitrogen and oxygen atoms in total. The highest BCUT2D eigenvalue weighted by Gasteiger charge is 2.50. The third kappa shape index (κ3) is 2.37. The lowest BCUT2D eigenvalue weighted by molar-refractivity contribution is -0.385. The first-order valence-corrected chi connectivity index (χ1v) is 8.13. The van der Waals surface area contributed by atoms with Gasteiger partial charge in [-0.2, -0.15) is 0 Å². The van der Waals surface area contributed by atoms with Gasteiger partial charge in [0.25, 0.3) is 5.69 Å². The van der Waals surface area contributed by atoms with Crippen LogP contribution in [0.4, 0.5) is 20.6 Å². The molecule has 2 aliphatic rings. The van der Waals surface area contributed by atoms with Gasteiger partial charge >= 0.3 is 6.03 Å². The van der Waals surface area contributed by atoms with E-state index >= 15 is 0 Å². The molecule has 0 aromatic heterocycles. The van der Waals surface area contributed by atoms with Crippen molar-refractivity contribution in [2.75, 3.05) is 4.90 Å². The topological polar surface area (TPSA) is 84.7 Å². The van der Waals surface area contributed by atoms with Crippen molar-refractivity contribution in [3.63, 3.8) is 0 Å². The molecule has 0 saturated carbocycles. The number of halogens is 1. The first kappa shape index (κ1) is 16.3. The summed E-state index contributed by atoms with van der Waals surface area (Å²) in [5.41, 5.74) is 0.346. The number of hydrogen-bond donors (Lipinski definition) is 1. The van der Waals surface area contributed by atoms with Crippen LogP contribution in [-0.2, 0) is 0 Å². The zero-order valence-corrected chi connectivity index (χ0v) is 14.2. The standard InChI is InChI=1S/C18H16FN3O4/c1-10-3-4-11(8-14(10)19)21-17(23)20-15-9-18(21,2)26-16-6-5-12(22(24)25)7-13(15)16/h3-8,15H,9H2,1-2H3,(H,20,23)/t15-,18-/m1/s1. The highest BCUT2D eigenvalue weighted by atomic mass is 19.1. The molecule has 0 radical (unpaired) electrons. The molecule has 1 saturated heterocycles. The number of anilines is 1. The van der Waals surface area contributed by atoms with Gasteiger partial charge in [-0.05, 0) is 37.6 Å². The predicted octanol–water partition coefficient (Wildman–Crippen LogP) is 3.81. The number of ether oxygens (including phenoxy) is 1. The average molecular weight is 357 g/mol. The zero-order valence-electron chi connectivity index (χ0n) is 14.2. The van der Waals surface area contributed by atoms with Crippen LogP contribution in [0.5, 0.6) is 5.75 Å². The fourth-order valence-corrected chi connectivity index (χ4v) is 3.59. The van der Waals surface area contributed by atoms with Crippen molar-refractivity contribution in [2.45, 2.75) is 32.0 Å². The highest BCUT2D eigenvalue weighted by Crippen LogP contribution is 2.46. The number of carbonyl (C=O) groups excluding carboxylic acids is 1. The van der Waals surface area contributed by atoms with E-state index in [1.54, 1.807) is 26.0 Å². The summed E-state index contributed by atoms with van der Waals surface area (Å²) < 4.78 is 20.1. The summed E-state index contributed by atoms with van der Waals surface area (Å²) in [5.74, 6) is 0.0554. The molecule has 2 aliphatic heterocycles. The number of nitrogens with one attached hydrogen (secondary N) is 1. The van der Waals surface area contributed by atoms with Crippen LogP contribution in [-0.4, -0.2) is 16.7 Å². The molecule has 8 heteroatoms. The molecular weight excluding hydrogens is 341 g/mol. The third-order valence-electron chi connectivity index (χ3n) is 4.88. The summed E-state index contributed by atoms with van der Waals surface area (Å²) in [6.07, 6.45) is 0.377. The van der Waals surface area contributed by atoms with Crippen LogP contribution in [0.1, 0.15) is 30.5 Å². The van der Waals surface area contributed by atoms with Gasteiger partial charge in [0.2, 0.25) is 0 Å². The van der Waals surface area contributed by atoms with Gasteiger partial charge in [-0.25, -0.2) is 9.18 Å². The van der Waals surface area contributed by atoms with Crippen LogP contribution in [0.25, 0.3) is 0 Å². The monoisotopic (exact) mass is 357 g/mol. The maximum absolute atomic E-state index is 14.0. The van der Waals surface area contributed by atoms with E-state index in [1.165, 1.54) is 29.2 Å². The Hall–Kier alpha value is -3.16. The fourth-order valence-electron chi connectivity index (χ4n) is 3.59. The molecule has 2 heterocycles. The van der Waals surface area contributed by atoms with Crippen molar-refractivity contribution in [2.24, 2.45) is 0 Å². The van der Waals surface area contributed by atoms with Crippen molar-refractivity contribution in [1.82, 2.24) is 5.32 Å². The molecule has 26 heavy (non-hydrogen) atoms. The molecular formula is C18H16FN3O4. The summed E-state index contributed by atoms with van der Waals surface area (Å²) in [6, 6.07) is 8.03. The maximum atomic E-state index is 14.0. The second kappa shape index (κ2) is 5.42. The lowest BCUT2D eigenvalue weighted by atomic mass is 9.90. The number of aryl methyl sites for hydroxylation is 1. The number of benzene rings is 2. The Morgan fingerprint density at radius 1 is 1.35 bits per heavy atom. The molecule has 0 unspecified atom stereocenters. The van der Waals surface area contributed by atoms with E-state index in [2.05, 4.69) is 5.32 Å². The summed E-state index contributed by atoms with van der Waals surface area (Å²) in [5, 5.41) is 13.9.